The van der Waals surface area contributed by atoms with Crippen LogP contribution in [0.4, 0.5) is 0 Å². The normalized spacial score (nSPS) is 19.3. The lowest BCUT2D eigenvalue weighted by molar-refractivity contribution is -0.123. The molecule has 2 saturated heterocycles. The van der Waals surface area contributed by atoms with Gasteiger partial charge in [0, 0.05) is 23.9 Å². The van der Waals surface area contributed by atoms with Gasteiger partial charge < -0.3 is 9.47 Å². The van der Waals surface area contributed by atoms with Gasteiger partial charge in [-0.25, -0.2) is 4.68 Å². The summed E-state index contributed by atoms with van der Waals surface area (Å²) in [6.45, 7) is 5.26. The van der Waals surface area contributed by atoms with Crippen molar-refractivity contribution in [1.82, 2.24) is 14.7 Å². The van der Waals surface area contributed by atoms with Crippen molar-refractivity contribution in [3.8, 4) is 22.7 Å². The molecule has 8 heteroatoms. The van der Waals surface area contributed by atoms with Gasteiger partial charge in [0.25, 0.3) is 5.91 Å². The van der Waals surface area contributed by atoms with E-state index in [1.54, 1.807) is 4.90 Å². The highest BCUT2D eigenvalue weighted by Crippen LogP contribution is 2.36. The van der Waals surface area contributed by atoms with Crippen molar-refractivity contribution in [3.63, 3.8) is 0 Å². The average molecular weight is 506 g/mol. The lowest BCUT2D eigenvalue weighted by Crippen LogP contribution is -2.35. The predicted octanol–water partition coefficient (Wildman–Crippen LogP) is 5.71. The van der Waals surface area contributed by atoms with Gasteiger partial charge in [0.05, 0.1) is 35.0 Å². The fraction of sp³-hybridized carbons (Fsp3) is 0.296. The van der Waals surface area contributed by atoms with Crippen LogP contribution in [-0.4, -0.2) is 50.3 Å². The molecule has 0 bridgehead atoms. The van der Waals surface area contributed by atoms with E-state index in [1.807, 2.05) is 85.4 Å². The smallest absolute Gasteiger partial charge is 0.266 e. The van der Waals surface area contributed by atoms with Crippen LogP contribution in [0.25, 0.3) is 23.0 Å². The number of nitrogens with zero attached hydrogens (tertiary/aromatic N) is 3. The van der Waals surface area contributed by atoms with Gasteiger partial charge >= 0.3 is 0 Å². The third-order valence-electron chi connectivity index (χ3n) is 5.83. The lowest BCUT2D eigenvalue weighted by atomic mass is 10.1. The number of thioether (sulfide) groups is 1. The maximum atomic E-state index is 13.2. The molecule has 2 aliphatic heterocycles. The van der Waals surface area contributed by atoms with Gasteiger partial charge in [-0.05, 0) is 69.2 Å². The number of ether oxygens (including phenoxy) is 2. The standard InChI is InChI=1S/C27H27N3O3S2/c1-18(2)33-22-12-10-19(11-13-22)25-20(16-30(28-25)21-7-4-3-5-8-21)15-24-26(31)29(27(34)35-24)17-23-9-6-14-32-23/h3-5,7-8,10-13,15-16,18,23H,6,9,14,17H2,1-2H3/b24-15-/t23-/m1/s1. The number of hydrogen-bond donors (Lipinski definition) is 0. The van der Waals surface area contributed by atoms with Crippen molar-refractivity contribution in [2.24, 2.45) is 0 Å². The Kier molecular flexibility index (Phi) is 7.04. The second-order valence-corrected chi connectivity index (χ2v) is 10.5. The SMILES string of the molecule is CC(C)Oc1ccc(-c2nn(-c3ccccc3)cc2/C=C2\SC(=S)N(C[C@H]3CCCO3)C2=O)cc1. The minimum atomic E-state index is -0.0745. The van der Waals surface area contributed by atoms with Crippen molar-refractivity contribution in [2.45, 2.75) is 38.9 Å². The first-order valence-electron chi connectivity index (χ1n) is 11.8. The number of carbonyl (C=O) groups excluding carboxylic acids is 1. The van der Waals surface area contributed by atoms with Gasteiger partial charge in [-0.15, -0.1) is 0 Å². The van der Waals surface area contributed by atoms with Gasteiger partial charge in [0.2, 0.25) is 0 Å². The summed E-state index contributed by atoms with van der Waals surface area (Å²) >= 11 is 6.87. The summed E-state index contributed by atoms with van der Waals surface area (Å²) in [6, 6.07) is 17.8. The summed E-state index contributed by atoms with van der Waals surface area (Å²) < 4.78 is 13.9. The monoisotopic (exact) mass is 505 g/mol. The Morgan fingerprint density at radius 2 is 1.97 bits per heavy atom. The van der Waals surface area contributed by atoms with E-state index < -0.39 is 0 Å². The molecular weight excluding hydrogens is 478 g/mol. The molecule has 0 saturated carbocycles. The van der Waals surface area contributed by atoms with Crippen molar-refractivity contribution < 1.29 is 14.3 Å². The molecule has 3 heterocycles. The molecule has 1 atom stereocenters. The summed E-state index contributed by atoms with van der Waals surface area (Å²) in [5, 5.41) is 4.87. The Morgan fingerprint density at radius 1 is 1.20 bits per heavy atom. The van der Waals surface area contributed by atoms with Crippen LogP contribution in [0.5, 0.6) is 5.75 Å². The van der Waals surface area contributed by atoms with E-state index >= 15 is 0 Å². The Balaban J connectivity index is 1.49. The number of benzene rings is 2. The van der Waals surface area contributed by atoms with Crippen LogP contribution in [0, 0.1) is 0 Å². The number of thiocarbonyl (C=S) groups is 1. The molecule has 5 rings (SSSR count). The number of rotatable bonds is 7. The first-order valence-corrected chi connectivity index (χ1v) is 13.0. The van der Waals surface area contributed by atoms with E-state index in [9.17, 15) is 4.79 Å². The third-order valence-corrected chi connectivity index (χ3v) is 7.21. The average Bonchev–Trinajstić information content (AvgIpc) is 3.57. The van der Waals surface area contributed by atoms with Crippen LogP contribution in [0.3, 0.4) is 0 Å². The first kappa shape index (κ1) is 23.8. The van der Waals surface area contributed by atoms with Crippen molar-refractivity contribution in [1.29, 1.82) is 0 Å². The molecule has 6 nitrogen and oxygen atoms in total. The third kappa shape index (κ3) is 5.34. The van der Waals surface area contributed by atoms with Crippen molar-refractivity contribution >= 4 is 40.3 Å². The highest BCUT2D eigenvalue weighted by Gasteiger charge is 2.35. The number of para-hydroxylation sites is 1. The van der Waals surface area contributed by atoms with Gasteiger partial charge in [-0.3, -0.25) is 9.69 Å². The molecule has 1 amide bonds. The van der Waals surface area contributed by atoms with Crippen LogP contribution < -0.4 is 4.74 Å². The zero-order valence-electron chi connectivity index (χ0n) is 19.7. The van der Waals surface area contributed by atoms with Crippen LogP contribution in [0.15, 0.2) is 65.7 Å². The topological polar surface area (TPSA) is 56.6 Å². The molecule has 180 valence electrons. The number of aromatic nitrogens is 2. The number of amides is 1. The molecule has 0 radical (unpaired) electrons. The zero-order valence-corrected chi connectivity index (χ0v) is 21.3. The lowest BCUT2D eigenvalue weighted by Gasteiger charge is -2.18. The minimum Gasteiger partial charge on any atom is -0.491 e. The largest absolute Gasteiger partial charge is 0.491 e. The molecule has 1 aromatic heterocycles. The van der Waals surface area contributed by atoms with Gasteiger partial charge in [-0.2, -0.15) is 5.10 Å². The Morgan fingerprint density at radius 3 is 2.66 bits per heavy atom. The second-order valence-electron chi connectivity index (χ2n) is 8.83. The van der Waals surface area contributed by atoms with Crippen LogP contribution in [0.1, 0.15) is 32.3 Å². The van der Waals surface area contributed by atoms with Crippen molar-refractivity contribution in [2.75, 3.05) is 13.2 Å². The fourth-order valence-corrected chi connectivity index (χ4v) is 5.45. The molecule has 2 aromatic carbocycles. The van der Waals surface area contributed by atoms with Crippen LogP contribution in [0.2, 0.25) is 0 Å². The van der Waals surface area contributed by atoms with Crippen LogP contribution >= 0.6 is 24.0 Å². The maximum absolute atomic E-state index is 13.2. The quantitative estimate of drug-likeness (QED) is 0.303. The molecule has 0 N–H and O–H groups in total. The highest BCUT2D eigenvalue weighted by atomic mass is 32.2. The summed E-state index contributed by atoms with van der Waals surface area (Å²) in [6.07, 6.45) is 5.99. The molecular formula is C27H27N3O3S2. The van der Waals surface area contributed by atoms with E-state index in [4.69, 9.17) is 26.8 Å². The number of carbonyl (C=O) groups is 1. The van der Waals surface area contributed by atoms with E-state index in [-0.39, 0.29) is 18.1 Å². The summed E-state index contributed by atoms with van der Waals surface area (Å²) in [4.78, 5) is 15.5. The summed E-state index contributed by atoms with van der Waals surface area (Å²) in [5.74, 6) is 0.734. The van der Waals surface area contributed by atoms with Gasteiger partial charge in [0.15, 0.2) is 0 Å². The summed E-state index contributed by atoms with van der Waals surface area (Å²) in [7, 11) is 0. The molecule has 2 fully saturated rings. The Bertz CT molecular complexity index is 1250. The summed E-state index contributed by atoms with van der Waals surface area (Å²) in [5.41, 5.74) is 3.52. The van der Waals surface area contributed by atoms with Gasteiger partial charge in [-0.1, -0.05) is 42.2 Å². The minimum absolute atomic E-state index is 0.0554. The van der Waals surface area contributed by atoms with E-state index in [1.165, 1.54) is 11.8 Å². The van der Waals surface area contributed by atoms with E-state index in [0.717, 1.165) is 47.7 Å². The molecule has 3 aromatic rings. The molecule has 0 aliphatic carbocycles. The van der Waals surface area contributed by atoms with E-state index in [0.29, 0.717) is 15.8 Å². The molecule has 2 aliphatic rings. The Labute approximate surface area is 214 Å². The molecule has 35 heavy (non-hydrogen) atoms. The molecule has 0 spiro atoms. The van der Waals surface area contributed by atoms with Crippen LogP contribution in [-0.2, 0) is 9.53 Å². The predicted molar refractivity (Wildman–Crippen MR) is 144 cm³/mol. The highest BCUT2D eigenvalue weighted by molar-refractivity contribution is 8.26. The fourth-order valence-electron chi connectivity index (χ4n) is 4.18. The second kappa shape index (κ2) is 10.4. The molecule has 0 unspecified atom stereocenters. The first-order chi connectivity index (χ1) is 17.0. The zero-order chi connectivity index (χ0) is 24.4. The number of hydrogen-bond acceptors (Lipinski definition) is 6. The maximum Gasteiger partial charge on any atom is 0.266 e. The van der Waals surface area contributed by atoms with E-state index in [2.05, 4.69) is 0 Å². The van der Waals surface area contributed by atoms with Gasteiger partial charge in [0.1, 0.15) is 10.1 Å². The Hall–Kier alpha value is -2.94. The van der Waals surface area contributed by atoms with Crippen molar-refractivity contribution in [3.05, 3.63) is 71.3 Å².